The van der Waals surface area contributed by atoms with Crippen LogP contribution in [0.25, 0.3) is 11.1 Å². The predicted molar refractivity (Wildman–Crippen MR) is 117 cm³/mol. The van der Waals surface area contributed by atoms with Gasteiger partial charge < -0.3 is 14.8 Å². The molecular formula is C25H30N3O+. The smallest absolute Gasteiger partial charge is 0.275 e. The summed E-state index contributed by atoms with van der Waals surface area (Å²) in [4.78, 5) is 14.1. The number of aromatic nitrogens is 1. The Kier molecular flexibility index (Phi) is 5.81. The second-order valence-electron chi connectivity index (χ2n) is 8.10. The predicted octanol–water partition coefficient (Wildman–Crippen LogP) is 3.29. The molecule has 3 aromatic rings. The standard InChI is InChI=1S/C25H29N3O/c1-19(20-12-14-22(15-13-20)21-8-4-3-5-9-21)26-25(29)18-28-17-7-11-24(28)23-10-6-16-27(23)2/h3-6,8-10,12-16,19,24H,7,11,17-18H2,1-2H3,(H,26,29)/p+1/t19-,24+/m0/s1. The molecule has 3 atom stereocenters. The molecule has 0 spiro atoms. The number of likely N-dealkylation sites (tertiary alicyclic amines) is 1. The Morgan fingerprint density at radius 1 is 1.07 bits per heavy atom. The zero-order valence-electron chi connectivity index (χ0n) is 17.3. The van der Waals surface area contributed by atoms with Crippen LogP contribution < -0.4 is 10.2 Å². The fourth-order valence-corrected chi connectivity index (χ4v) is 4.49. The van der Waals surface area contributed by atoms with Crippen LogP contribution in [0, 0.1) is 0 Å². The van der Waals surface area contributed by atoms with Gasteiger partial charge in [0.05, 0.1) is 18.3 Å². The van der Waals surface area contributed by atoms with Crippen molar-refractivity contribution in [2.75, 3.05) is 13.1 Å². The van der Waals surface area contributed by atoms with E-state index in [0.29, 0.717) is 12.6 Å². The maximum absolute atomic E-state index is 12.7. The fourth-order valence-electron chi connectivity index (χ4n) is 4.49. The molecule has 2 heterocycles. The van der Waals surface area contributed by atoms with E-state index in [1.807, 2.05) is 6.07 Å². The van der Waals surface area contributed by atoms with Crippen molar-refractivity contribution >= 4 is 5.91 Å². The van der Waals surface area contributed by atoms with Crippen molar-refractivity contribution in [3.05, 3.63) is 84.2 Å². The lowest BCUT2D eigenvalue weighted by molar-refractivity contribution is -0.911. The third-order valence-electron chi connectivity index (χ3n) is 6.11. The molecule has 1 fully saturated rings. The van der Waals surface area contributed by atoms with Gasteiger partial charge in [0.25, 0.3) is 5.91 Å². The number of carbonyl (C=O) groups is 1. The van der Waals surface area contributed by atoms with Gasteiger partial charge in [-0.15, -0.1) is 0 Å². The number of hydrogen-bond donors (Lipinski definition) is 2. The van der Waals surface area contributed by atoms with Gasteiger partial charge in [-0.1, -0.05) is 54.6 Å². The molecule has 1 aliphatic heterocycles. The van der Waals surface area contributed by atoms with E-state index in [9.17, 15) is 4.79 Å². The van der Waals surface area contributed by atoms with Gasteiger partial charge in [0.2, 0.25) is 0 Å². The van der Waals surface area contributed by atoms with E-state index in [0.717, 1.165) is 18.5 Å². The maximum atomic E-state index is 12.7. The Morgan fingerprint density at radius 3 is 2.48 bits per heavy atom. The number of hydrogen-bond acceptors (Lipinski definition) is 1. The third kappa shape index (κ3) is 4.43. The minimum Gasteiger partial charge on any atom is -0.350 e. The molecule has 4 nitrogen and oxygen atoms in total. The minimum atomic E-state index is 0.00260. The van der Waals surface area contributed by atoms with E-state index in [1.165, 1.54) is 28.1 Å². The summed E-state index contributed by atoms with van der Waals surface area (Å²) in [6.45, 7) is 3.65. The molecule has 4 heteroatoms. The first-order valence-corrected chi connectivity index (χ1v) is 10.5. The number of nitrogens with zero attached hydrogens (tertiary/aromatic N) is 1. The zero-order valence-corrected chi connectivity index (χ0v) is 17.3. The molecular weight excluding hydrogens is 358 g/mol. The van der Waals surface area contributed by atoms with Gasteiger partial charge in [-0.25, -0.2) is 0 Å². The van der Waals surface area contributed by atoms with Crippen LogP contribution in [-0.4, -0.2) is 23.6 Å². The van der Waals surface area contributed by atoms with Gasteiger partial charge in [0, 0.05) is 26.1 Å². The number of benzene rings is 2. The number of amides is 1. The summed E-state index contributed by atoms with van der Waals surface area (Å²) < 4.78 is 2.19. The lowest BCUT2D eigenvalue weighted by Gasteiger charge is -2.23. The minimum absolute atomic E-state index is 0.00260. The van der Waals surface area contributed by atoms with Crippen molar-refractivity contribution in [2.24, 2.45) is 7.05 Å². The average Bonchev–Trinajstić information content (AvgIpc) is 3.37. The van der Waals surface area contributed by atoms with E-state index in [4.69, 9.17) is 0 Å². The normalized spacial score (nSPS) is 19.8. The van der Waals surface area contributed by atoms with E-state index < -0.39 is 0 Å². The summed E-state index contributed by atoms with van der Waals surface area (Å²) in [6, 6.07) is 23.5. The second-order valence-corrected chi connectivity index (χ2v) is 8.10. The van der Waals surface area contributed by atoms with E-state index in [1.54, 1.807) is 0 Å². The SMILES string of the molecule is C[C@H](NC(=O)C[NH+]1CCC[C@@H]1c1cccn1C)c1ccc(-c2ccccc2)cc1. The van der Waals surface area contributed by atoms with Gasteiger partial charge in [-0.2, -0.15) is 0 Å². The van der Waals surface area contributed by atoms with Crippen LogP contribution >= 0.6 is 0 Å². The van der Waals surface area contributed by atoms with E-state index in [-0.39, 0.29) is 11.9 Å². The van der Waals surface area contributed by atoms with Gasteiger partial charge >= 0.3 is 0 Å². The summed E-state index contributed by atoms with van der Waals surface area (Å²) in [7, 11) is 2.09. The molecule has 150 valence electrons. The Balaban J connectivity index is 1.36. The largest absolute Gasteiger partial charge is 0.350 e. The molecule has 0 radical (unpaired) electrons. The summed E-state index contributed by atoms with van der Waals surface area (Å²) in [5.41, 5.74) is 4.86. The Bertz CT molecular complexity index is 946. The van der Waals surface area contributed by atoms with Gasteiger partial charge in [-0.05, 0) is 35.7 Å². The number of aryl methyl sites for hydroxylation is 1. The highest BCUT2D eigenvalue weighted by Crippen LogP contribution is 2.22. The second kappa shape index (κ2) is 8.66. The molecule has 0 bridgehead atoms. The number of nitrogens with one attached hydrogen (secondary N) is 2. The van der Waals surface area contributed by atoms with Crippen LogP contribution in [0.2, 0.25) is 0 Å². The first-order valence-electron chi connectivity index (χ1n) is 10.5. The van der Waals surface area contributed by atoms with Crippen molar-refractivity contribution in [1.29, 1.82) is 0 Å². The summed E-state index contributed by atoms with van der Waals surface area (Å²) in [5, 5.41) is 3.20. The van der Waals surface area contributed by atoms with Crippen molar-refractivity contribution in [3.63, 3.8) is 0 Å². The van der Waals surface area contributed by atoms with Crippen LogP contribution in [0.15, 0.2) is 72.9 Å². The van der Waals surface area contributed by atoms with Crippen molar-refractivity contribution in [2.45, 2.75) is 31.8 Å². The lowest BCUT2D eigenvalue weighted by Crippen LogP contribution is -3.11. The first-order chi connectivity index (χ1) is 14.1. The molecule has 2 aromatic carbocycles. The van der Waals surface area contributed by atoms with Crippen molar-refractivity contribution in [3.8, 4) is 11.1 Å². The van der Waals surface area contributed by atoms with Gasteiger partial charge in [0.15, 0.2) is 6.54 Å². The monoisotopic (exact) mass is 388 g/mol. The van der Waals surface area contributed by atoms with Crippen molar-refractivity contribution in [1.82, 2.24) is 9.88 Å². The Hall–Kier alpha value is -2.85. The number of rotatable bonds is 6. The molecule has 0 aliphatic carbocycles. The topological polar surface area (TPSA) is 38.5 Å². The Morgan fingerprint density at radius 2 is 1.79 bits per heavy atom. The molecule has 1 saturated heterocycles. The molecule has 1 aliphatic rings. The fraction of sp³-hybridized carbons (Fsp3) is 0.320. The Labute approximate surface area is 173 Å². The molecule has 4 rings (SSSR count). The summed E-state index contributed by atoms with van der Waals surface area (Å²) in [6.07, 6.45) is 4.42. The summed E-state index contributed by atoms with van der Waals surface area (Å²) >= 11 is 0. The van der Waals surface area contributed by atoms with Crippen LogP contribution in [0.5, 0.6) is 0 Å². The van der Waals surface area contributed by atoms with E-state index in [2.05, 4.69) is 90.7 Å². The highest BCUT2D eigenvalue weighted by Gasteiger charge is 2.33. The molecule has 1 amide bonds. The van der Waals surface area contributed by atoms with Crippen LogP contribution in [0.4, 0.5) is 0 Å². The van der Waals surface area contributed by atoms with Gasteiger partial charge in [0.1, 0.15) is 6.04 Å². The molecule has 1 aromatic heterocycles. The number of quaternary nitrogens is 1. The highest BCUT2D eigenvalue weighted by molar-refractivity contribution is 5.77. The van der Waals surface area contributed by atoms with Crippen LogP contribution in [0.1, 0.15) is 43.1 Å². The lowest BCUT2D eigenvalue weighted by atomic mass is 10.0. The summed E-state index contributed by atoms with van der Waals surface area (Å²) in [5.74, 6) is 0.126. The van der Waals surface area contributed by atoms with Crippen molar-refractivity contribution < 1.29 is 9.69 Å². The van der Waals surface area contributed by atoms with Crippen LogP contribution in [0.3, 0.4) is 0 Å². The zero-order chi connectivity index (χ0) is 20.2. The van der Waals surface area contributed by atoms with Gasteiger partial charge in [-0.3, -0.25) is 4.79 Å². The first kappa shape index (κ1) is 19.5. The molecule has 1 unspecified atom stereocenters. The van der Waals surface area contributed by atoms with Crippen LogP contribution in [-0.2, 0) is 11.8 Å². The third-order valence-corrected chi connectivity index (χ3v) is 6.11. The van der Waals surface area contributed by atoms with E-state index >= 15 is 0 Å². The maximum Gasteiger partial charge on any atom is 0.275 e. The number of carbonyl (C=O) groups excluding carboxylic acids is 1. The molecule has 0 saturated carbocycles. The highest BCUT2D eigenvalue weighted by atomic mass is 16.2. The molecule has 29 heavy (non-hydrogen) atoms. The average molecular weight is 389 g/mol. The molecule has 2 N–H and O–H groups in total. The quantitative estimate of drug-likeness (QED) is 0.668.